The summed E-state index contributed by atoms with van der Waals surface area (Å²) in [4.78, 5) is 24.4. The topological polar surface area (TPSA) is 51.0 Å². The number of benzene rings is 1. The first-order chi connectivity index (χ1) is 15.0. The molecule has 1 aromatic carbocycles. The predicted octanol–water partition coefficient (Wildman–Crippen LogP) is 4.77. The van der Waals surface area contributed by atoms with Gasteiger partial charge < -0.3 is 4.90 Å². The van der Waals surface area contributed by atoms with Gasteiger partial charge in [0.1, 0.15) is 5.69 Å². The lowest BCUT2D eigenvalue weighted by Gasteiger charge is -2.40. The Morgan fingerprint density at radius 3 is 2.71 bits per heavy atom. The predicted molar refractivity (Wildman–Crippen MR) is 113 cm³/mol. The first-order valence-corrected chi connectivity index (χ1v) is 10.7. The van der Waals surface area contributed by atoms with Crippen LogP contribution in [-0.4, -0.2) is 38.4 Å². The van der Waals surface area contributed by atoms with E-state index >= 15 is 0 Å². The molecule has 0 saturated carbocycles. The van der Waals surface area contributed by atoms with E-state index in [-0.39, 0.29) is 17.0 Å². The number of fused-ring (bicyclic) bond motifs is 2. The number of hydrogen-bond donors (Lipinski definition) is 0. The summed E-state index contributed by atoms with van der Waals surface area (Å²) < 4.78 is 27.9. The molecule has 5 rings (SSSR count). The molecule has 31 heavy (non-hydrogen) atoms. The van der Waals surface area contributed by atoms with Gasteiger partial charge in [0.25, 0.3) is 5.91 Å². The van der Waals surface area contributed by atoms with Crippen LogP contribution in [0.1, 0.15) is 53.3 Å². The molecular formula is C24H24F2N4O. The van der Waals surface area contributed by atoms with Crippen LogP contribution in [0.5, 0.6) is 0 Å². The summed E-state index contributed by atoms with van der Waals surface area (Å²) in [7, 11) is 0. The summed E-state index contributed by atoms with van der Waals surface area (Å²) in [5.74, 6) is 0.351. The second kappa shape index (κ2) is 7.55. The second-order valence-corrected chi connectivity index (χ2v) is 8.55. The molecule has 0 N–H and O–H groups in total. The highest BCUT2D eigenvalue weighted by Gasteiger charge is 2.45. The molecule has 5 nitrogen and oxygen atoms in total. The molecule has 1 amide bonds. The number of nitrogens with zero attached hydrogens (tertiary/aromatic N) is 4. The lowest BCUT2D eigenvalue weighted by Crippen LogP contribution is -2.48. The molecule has 0 bridgehead atoms. The van der Waals surface area contributed by atoms with Crippen LogP contribution in [-0.2, 0) is 11.8 Å². The van der Waals surface area contributed by atoms with E-state index < -0.39 is 6.55 Å². The first-order valence-electron chi connectivity index (χ1n) is 10.7. The number of aromatic nitrogens is 3. The van der Waals surface area contributed by atoms with Crippen molar-refractivity contribution in [1.82, 2.24) is 19.4 Å². The molecule has 1 aliphatic heterocycles. The van der Waals surface area contributed by atoms with E-state index in [2.05, 4.69) is 4.98 Å². The Morgan fingerprint density at radius 2 is 1.94 bits per heavy atom. The van der Waals surface area contributed by atoms with Gasteiger partial charge in [-0.2, -0.15) is 8.78 Å². The highest BCUT2D eigenvalue weighted by Crippen LogP contribution is 2.44. The molecule has 0 radical (unpaired) electrons. The Labute approximate surface area is 179 Å². The van der Waals surface area contributed by atoms with Crippen molar-refractivity contribution in [1.29, 1.82) is 0 Å². The molecule has 160 valence electrons. The Morgan fingerprint density at radius 1 is 1.13 bits per heavy atom. The molecule has 3 aromatic rings. The normalized spacial score (nSPS) is 20.5. The van der Waals surface area contributed by atoms with Crippen molar-refractivity contribution in [2.24, 2.45) is 0 Å². The van der Waals surface area contributed by atoms with Gasteiger partial charge in [-0.3, -0.25) is 9.36 Å². The van der Waals surface area contributed by atoms with Gasteiger partial charge in [-0.05, 0) is 50.3 Å². The fourth-order valence-electron chi connectivity index (χ4n) is 5.12. The third kappa shape index (κ3) is 3.32. The number of piperidine rings is 1. The van der Waals surface area contributed by atoms with Crippen molar-refractivity contribution in [2.75, 3.05) is 13.1 Å². The van der Waals surface area contributed by atoms with E-state index in [4.69, 9.17) is 4.98 Å². The average molecular weight is 422 g/mol. The van der Waals surface area contributed by atoms with Crippen molar-refractivity contribution in [3.05, 3.63) is 71.3 Å². The molecule has 1 saturated heterocycles. The minimum Gasteiger partial charge on any atom is -0.336 e. The molecule has 2 aliphatic rings. The Hall–Kier alpha value is -3.09. The summed E-state index contributed by atoms with van der Waals surface area (Å²) >= 11 is 0. The molecule has 1 spiro atoms. The van der Waals surface area contributed by atoms with Crippen molar-refractivity contribution in [3.8, 4) is 11.4 Å². The van der Waals surface area contributed by atoms with Crippen molar-refractivity contribution < 1.29 is 13.6 Å². The van der Waals surface area contributed by atoms with Gasteiger partial charge in [0, 0.05) is 36.0 Å². The number of halogens is 2. The van der Waals surface area contributed by atoms with Crippen molar-refractivity contribution in [3.63, 3.8) is 0 Å². The number of alkyl halides is 2. The van der Waals surface area contributed by atoms with E-state index in [9.17, 15) is 13.6 Å². The Balaban J connectivity index is 1.47. The van der Waals surface area contributed by atoms with E-state index in [1.54, 1.807) is 17.9 Å². The van der Waals surface area contributed by atoms with Gasteiger partial charge in [0.2, 0.25) is 0 Å². The summed E-state index contributed by atoms with van der Waals surface area (Å²) in [6.45, 7) is -0.0750. The zero-order chi connectivity index (χ0) is 21.6. The van der Waals surface area contributed by atoms with Gasteiger partial charge in [-0.25, -0.2) is 9.97 Å². The van der Waals surface area contributed by atoms with Crippen LogP contribution in [0, 0.1) is 6.92 Å². The molecule has 1 atom stereocenters. The highest BCUT2D eigenvalue weighted by molar-refractivity contribution is 5.93. The van der Waals surface area contributed by atoms with Crippen LogP contribution in [0.25, 0.3) is 11.4 Å². The van der Waals surface area contributed by atoms with E-state index in [0.717, 1.165) is 47.1 Å². The van der Waals surface area contributed by atoms with Gasteiger partial charge in [0.15, 0.2) is 5.82 Å². The van der Waals surface area contributed by atoms with E-state index in [1.807, 2.05) is 36.5 Å². The second-order valence-electron chi connectivity index (χ2n) is 8.55. The summed E-state index contributed by atoms with van der Waals surface area (Å²) in [6.07, 6.45) is 5.44. The van der Waals surface area contributed by atoms with Crippen LogP contribution >= 0.6 is 0 Å². The number of carbonyl (C=O) groups excluding carboxylic acids is 1. The van der Waals surface area contributed by atoms with Crippen LogP contribution in [0.15, 0.2) is 48.7 Å². The SMILES string of the molecule is Cc1ccc(C(=O)N2CCCC3(CCc4cnc(-c5ccccc5)nc43)C2)n1C(F)F. The van der Waals surface area contributed by atoms with Crippen LogP contribution in [0.4, 0.5) is 8.78 Å². The van der Waals surface area contributed by atoms with Crippen LogP contribution in [0.3, 0.4) is 0 Å². The van der Waals surface area contributed by atoms with E-state index in [0.29, 0.717) is 24.6 Å². The number of aryl methyl sites for hydroxylation is 2. The van der Waals surface area contributed by atoms with Crippen molar-refractivity contribution in [2.45, 2.75) is 44.6 Å². The molecular weight excluding hydrogens is 398 g/mol. The molecule has 1 fully saturated rings. The maximum atomic E-state index is 13.5. The molecule has 1 unspecified atom stereocenters. The fourth-order valence-corrected chi connectivity index (χ4v) is 5.12. The molecule has 7 heteroatoms. The van der Waals surface area contributed by atoms with Crippen LogP contribution in [0.2, 0.25) is 0 Å². The molecule has 2 aromatic heterocycles. The number of hydrogen-bond acceptors (Lipinski definition) is 3. The number of likely N-dealkylation sites (tertiary alicyclic amines) is 1. The lowest BCUT2D eigenvalue weighted by atomic mass is 9.77. The first kappa shape index (κ1) is 19.8. The van der Waals surface area contributed by atoms with Gasteiger partial charge in [0.05, 0.1) is 5.69 Å². The Kier molecular flexibility index (Phi) is 4.84. The average Bonchev–Trinajstić information content (AvgIpc) is 3.34. The van der Waals surface area contributed by atoms with Gasteiger partial charge >= 0.3 is 6.55 Å². The number of carbonyl (C=O) groups is 1. The minimum absolute atomic E-state index is 0.0513. The fraction of sp³-hybridized carbons (Fsp3) is 0.375. The maximum absolute atomic E-state index is 13.5. The quantitative estimate of drug-likeness (QED) is 0.611. The highest BCUT2D eigenvalue weighted by atomic mass is 19.3. The standard InChI is InChI=1S/C24H24F2N4O/c1-16-8-9-19(30(16)23(25)26)22(31)29-13-5-11-24(15-29)12-10-18-14-27-21(28-20(18)24)17-6-3-2-4-7-17/h2-4,6-9,14,23H,5,10-13,15H2,1H3. The number of amides is 1. The zero-order valence-corrected chi connectivity index (χ0v) is 17.4. The third-order valence-electron chi connectivity index (χ3n) is 6.67. The minimum atomic E-state index is -2.74. The third-order valence-corrected chi connectivity index (χ3v) is 6.67. The molecule has 1 aliphatic carbocycles. The summed E-state index contributed by atoms with van der Waals surface area (Å²) in [5, 5.41) is 0. The smallest absolute Gasteiger partial charge is 0.319 e. The van der Waals surface area contributed by atoms with Gasteiger partial charge in [-0.15, -0.1) is 0 Å². The van der Waals surface area contributed by atoms with Crippen molar-refractivity contribution >= 4 is 5.91 Å². The molecule has 3 heterocycles. The number of rotatable bonds is 3. The zero-order valence-electron chi connectivity index (χ0n) is 17.4. The Bertz CT molecular complexity index is 1120. The largest absolute Gasteiger partial charge is 0.336 e. The monoisotopic (exact) mass is 422 g/mol. The van der Waals surface area contributed by atoms with Crippen LogP contribution < -0.4 is 0 Å². The summed E-state index contributed by atoms with van der Waals surface area (Å²) in [6, 6.07) is 12.9. The maximum Gasteiger partial charge on any atom is 0.319 e. The van der Waals surface area contributed by atoms with E-state index in [1.165, 1.54) is 6.07 Å². The summed E-state index contributed by atoms with van der Waals surface area (Å²) in [5.41, 5.74) is 3.29. The van der Waals surface area contributed by atoms with Gasteiger partial charge in [-0.1, -0.05) is 30.3 Å². The lowest BCUT2D eigenvalue weighted by molar-refractivity contribution is 0.0491.